The van der Waals surface area contributed by atoms with Crippen molar-refractivity contribution in [2.45, 2.75) is 33.4 Å². The summed E-state index contributed by atoms with van der Waals surface area (Å²) in [6.07, 6.45) is 0. The van der Waals surface area contributed by atoms with Crippen LogP contribution in [0.3, 0.4) is 0 Å². The third kappa shape index (κ3) is 4.31. The molecule has 0 radical (unpaired) electrons. The Hall–Kier alpha value is -5.66. The van der Waals surface area contributed by atoms with Crippen molar-refractivity contribution >= 4 is 79.2 Å². The Bertz CT molecular complexity index is 2420. The van der Waals surface area contributed by atoms with E-state index in [0.717, 1.165) is 75.3 Å². The lowest BCUT2D eigenvalue weighted by atomic mass is 10.00. The van der Waals surface area contributed by atoms with E-state index in [2.05, 4.69) is 151 Å². The molecule has 0 saturated carbocycles. The van der Waals surface area contributed by atoms with Crippen LogP contribution in [0.4, 0.5) is 34.1 Å². The zero-order valence-electron chi connectivity index (χ0n) is 26.2. The molecule has 9 rings (SSSR count). The quantitative estimate of drug-likeness (QED) is 0.186. The molecule has 0 unspecified atom stereocenters. The first-order chi connectivity index (χ1) is 23.5. The molecule has 48 heavy (non-hydrogen) atoms. The van der Waals surface area contributed by atoms with Crippen LogP contribution in [0.15, 0.2) is 141 Å². The highest BCUT2D eigenvalue weighted by molar-refractivity contribution is 8.00. The van der Waals surface area contributed by atoms with Gasteiger partial charge >= 0.3 is 0 Å². The number of rotatable bonds is 2. The molecule has 0 fully saturated rings. The Kier molecular flexibility index (Phi) is 6.52. The molecule has 0 atom stereocenters. The molecule has 2 aliphatic rings. The van der Waals surface area contributed by atoms with Crippen LogP contribution in [0, 0.1) is 36.5 Å². The number of nitriles is 2. The first-order valence-corrected chi connectivity index (χ1v) is 17.3. The zero-order chi connectivity index (χ0) is 32.5. The highest BCUT2D eigenvalue weighted by atomic mass is 32.2. The normalized spacial score (nSPS) is 12.9. The molecule has 0 aliphatic carbocycles. The second-order valence-electron chi connectivity index (χ2n) is 12.2. The summed E-state index contributed by atoms with van der Waals surface area (Å²) in [5.74, 6) is 0. The Labute approximate surface area is 287 Å². The fraction of sp³-hybridized carbons (Fsp3) is 0.0476. The van der Waals surface area contributed by atoms with E-state index < -0.39 is 0 Å². The van der Waals surface area contributed by atoms with Crippen LogP contribution in [0.25, 0.3) is 21.5 Å². The van der Waals surface area contributed by atoms with Crippen LogP contribution in [0.5, 0.6) is 0 Å². The van der Waals surface area contributed by atoms with Crippen molar-refractivity contribution in [2.75, 3.05) is 9.80 Å². The molecule has 226 valence electrons. The lowest BCUT2D eigenvalue weighted by Crippen LogP contribution is -2.20. The second-order valence-corrected chi connectivity index (χ2v) is 14.4. The molecule has 0 saturated heterocycles. The van der Waals surface area contributed by atoms with Gasteiger partial charge in [0.2, 0.25) is 0 Å². The lowest BCUT2D eigenvalue weighted by Gasteiger charge is -2.37. The van der Waals surface area contributed by atoms with Crippen molar-refractivity contribution in [2.24, 2.45) is 0 Å². The van der Waals surface area contributed by atoms with Gasteiger partial charge in [-0.1, -0.05) is 96.3 Å². The Morgan fingerprint density at radius 1 is 0.458 bits per heavy atom. The van der Waals surface area contributed by atoms with Gasteiger partial charge in [0.25, 0.3) is 0 Å². The van der Waals surface area contributed by atoms with Crippen LogP contribution in [0.2, 0.25) is 0 Å². The van der Waals surface area contributed by atoms with Crippen LogP contribution in [-0.4, -0.2) is 0 Å². The van der Waals surface area contributed by atoms with Crippen molar-refractivity contribution in [1.29, 1.82) is 10.5 Å². The molecule has 0 aromatic heterocycles. The summed E-state index contributed by atoms with van der Waals surface area (Å²) < 4.78 is 0. The van der Waals surface area contributed by atoms with Crippen LogP contribution < -0.4 is 9.80 Å². The zero-order valence-corrected chi connectivity index (χ0v) is 27.8. The predicted molar refractivity (Wildman–Crippen MR) is 198 cm³/mol. The van der Waals surface area contributed by atoms with E-state index >= 15 is 0 Å². The maximum Gasteiger partial charge on any atom is 0.101 e. The highest BCUT2D eigenvalue weighted by Crippen LogP contribution is 2.58. The molecule has 0 spiro atoms. The number of benzene rings is 7. The fourth-order valence-electron chi connectivity index (χ4n) is 6.98. The van der Waals surface area contributed by atoms with E-state index in [0.29, 0.717) is 11.1 Å². The van der Waals surface area contributed by atoms with Gasteiger partial charge in [0, 0.05) is 30.4 Å². The average Bonchev–Trinajstić information content (AvgIpc) is 3.12. The number of fused-ring (bicyclic) bond motifs is 8. The van der Waals surface area contributed by atoms with E-state index in [1.54, 1.807) is 29.6 Å². The van der Waals surface area contributed by atoms with Crippen molar-refractivity contribution in [3.63, 3.8) is 0 Å². The van der Waals surface area contributed by atoms with Gasteiger partial charge in [-0.3, -0.25) is 0 Å². The first-order valence-electron chi connectivity index (χ1n) is 15.7. The molecule has 7 aromatic carbocycles. The van der Waals surface area contributed by atoms with Gasteiger partial charge in [0.05, 0.1) is 45.3 Å². The molecule has 7 aromatic rings. The number of hydrogen-bond donors (Lipinski definition) is 0. The summed E-state index contributed by atoms with van der Waals surface area (Å²) >= 11 is 3.51. The number of anilines is 6. The SMILES string of the molecule is Cc1ccc2c(c1)Sc1ccc3ccccc3c1N2c1cc(N2c3ccc(C)cc3Sc3ccc4ccccc4c32)c(C#N)cc1C#N. The molecular formula is C42H26N4S2. The topological polar surface area (TPSA) is 54.1 Å². The number of hydrogen-bond acceptors (Lipinski definition) is 6. The highest BCUT2D eigenvalue weighted by Gasteiger charge is 2.33. The molecule has 6 heteroatoms. The van der Waals surface area contributed by atoms with Crippen molar-refractivity contribution in [3.05, 3.63) is 144 Å². The van der Waals surface area contributed by atoms with E-state index in [4.69, 9.17) is 0 Å². The average molecular weight is 651 g/mol. The smallest absolute Gasteiger partial charge is 0.101 e. The summed E-state index contributed by atoms with van der Waals surface area (Å²) in [7, 11) is 0. The van der Waals surface area contributed by atoms with Gasteiger partial charge in [-0.25, -0.2) is 0 Å². The monoisotopic (exact) mass is 650 g/mol. The van der Waals surface area contributed by atoms with Crippen molar-refractivity contribution < 1.29 is 0 Å². The van der Waals surface area contributed by atoms with Gasteiger partial charge in [0.1, 0.15) is 12.1 Å². The van der Waals surface area contributed by atoms with Crippen LogP contribution in [-0.2, 0) is 0 Å². The van der Waals surface area contributed by atoms with Gasteiger partial charge in [-0.05, 0) is 84.3 Å². The first kappa shape index (κ1) is 28.6. The lowest BCUT2D eigenvalue weighted by molar-refractivity contribution is 1.14. The summed E-state index contributed by atoms with van der Waals surface area (Å²) in [5, 5.41) is 25.9. The summed E-state index contributed by atoms with van der Waals surface area (Å²) in [6, 6.07) is 47.3. The van der Waals surface area contributed by atoms with E-state index in [1.165, 1.54) is 11.1 Å². The minimum absolute atomic E-state index is 0.446. The Morgan fingerprint density at radius 3 is 1.38 bits per heavy atom. The minimum Gasteiger partial charge on any atom is -0.306 e. The van der Waals surface area contributed by atoms with Crippen molar-refractivity contribution in [3.8, 4) is 12.1 Å². The minimum atomic E-state index is 0.446. The maximum absolute atomic E-state index is 10.7. The van der Waals surface area contributed by atoms with Gasteiger partial charge < -0.3 is 9.80 Å². The van der Waals surface area contributed by atoms with Crippen LogP contribution in [0.1, 0.15) is 22.3 Å². The summed E-state index contributed by atoms with van der Waals surface area (Å²) in [5.41, 5.74) is 8.82. The van der Waals surface area contributed by atoms with Crippen molar-refractivity contribution in [1.82, 2.24) is 0 Å². The number of aryl methyl sites for hydroxylation is 2. The molecule has 2 aliphatic heterocycles. The van der Waals surface area contributed by atoms with Gasteiger partial charge in [0.15, 0.2) is 0 Å². The maximum atomic E-state index is 10.7. The van der Waals surface area contributed by atoms with Gasteiger partial charge in [-0.15, -0.1) is 0 Å². The summed E-state index contributed by atoms with van der Waals surface area (Å²) in [4.78, 5) is 8.97. The summed E-state index contributed by atoms with van der Waals surface area (Å²) in [6.45, 7) is 4.22. The standard InChI is InChI=1S/C42H26N4S2/c1-25-11-15-33-39(19-25)47-37-17-13-27-7-3-5-9-31(27)41(37)45(33)35-22-36(30(24-44)21-29(35)23-43)46-34-16-12-26(2)20-40(34)48-38-18-14-28-8-4-6-10-32(28)42(38)46/h3-22H,1-2H3. The molecule has 0 amide bonds. The van der Waals surface area contributed by atoms with Gasteiger partial charge in [-0.2, -0.15) is 10.5 Å². The molecule has 0 bridgehead atoms. The molecular weight excluding hydrogens is 625 g/mol. The van der Waals surface area contributed by atoms with E-state index in [1.807, 2.05) is 0 Å². The Morgan fingerprint density at radius 2 is 0.917 bits per heavy atom. The second kappa shape index (κ2) is 11.0. The third-order valence-electron chi connectivity index (χ3n) is 9.16. The predicted octanol–water partition coefficient (Wildman–Crippen LogP) is 12.2. The largest absolute Gasteiger partial charge is 0.306 e. The number of nitrogens with zero attached hydrogens (tertiary/aromatic N) is 4. The van der Waals surface area contributed by atoms with E-state index in [9.17, 15) is 10.5 Å². The third-order valence-corrected chi connectivity index (χ3v) is 11.4. The van der Waals surface area contributed by atoms with Crippen LogP contribution >= 0.6 is 23.5 Å². The molecule has 2 heterocycles. The Balaban J connectivity index is 1.38. The molecule has 0 N–H and O–H groups in total. The molecule has 4 nitrogen and oxygen atoms in total. The van der Waals surface area contributed by atoms with E-state index in [-0.39, 0.29) is 0 Å². The fourth-order valence-corrected chi connectivity index (χ4v) is 9.34.